The van der Waals surface area contributed by atoms with Gasteiger partial charge in [-0.3, -0.25) is 10.1 Å². The van der Waals surface area contributed by atoms with Gasteiger partial charge in [-0.15, -0.1) is 0 Å². The van der Waals surface area contributed by atoms with Crippen LogP contribution in [0.25, 0.3) is 5.57 Å². The average Bonchev–Trinajstić information content (AvgIpc) is 2.30. The summed E-state index contributed by atoms with van der Waals surface area (Å²) in [6, 6.07) is 4.90. The van der Waals surface area contributed by atoms with Crippen molar-refractivity contribution in [2.24, 2.45) is 0 Å². The van der Waals surface area contributed by atoms with Crippen molar-refractivity contribution in [2.75, 3.05) is 18.9 Å². The Bertz CT molecular complexity index is 455. The summed E-state index contributed by atoms with van der Waals surface area (Å²) in [5.41, 5.74) is 7.62. The number of hydrogen-bond donors (Lipinski definition) is 1. The highest BCUT2D eigenvalue weighted by Crippen LogP contribution is 2.28. The largest absolute Gasteiger partial charge is 0.393 e. The van der Waals surface area contributed by atoms with E-state index in [2.05, 4.69) is 0 Å². The molecule has 1 aromatic carbocycles. The zero-order chi connectivity index (χ0) is 11.5. The Morgan fingerprint density at radius 2 is 2.25 bits per heavy atom. The van der Waals surface area contributed by atoms with Crippen LogP contribution in [-0.4, -0.2) is 18.1 Å². The molecule has 5 heteroatoms. The summed E-state index contributed by atoms with van der Waals surface area (Å²) in [6.45, 7) is 1.22. The molecule has 16 heavy (non-hydrogen) atoms. The number of nitrogens with two attached hydrogens (primary N) is 1. The fourth-order valence-electron chi connectivity index (χ4n) is 1.69. The lowest BCUT2D eigenvalue weighted by atomic mass is 10.0. The molecule has 0 amide bonds. The molecule has 0 saturated carbocycles. The second-order valence-electron chi connectivity index (χ2n) is 3.58. The molecule has 0 aromatic heterocycles. The molecule has 1 aliphatic heterocycles. The van der Waals surface area contributed by atoms with E-state index in [1.807, 2.05) is 6.08 Å². The van der Waals surface area contributed by atoms with Crippen LogP contribution in [0.1, 0.15) is 12.0 Å². The van der Waals surface area contributed by atoms with Crippen molar-refractivity contribution in [3.8, 4) is 0 Å². The van der Waals surface area contributed by atoms with Crippen molar-refractivity contribution in [3.63, 3.8) is 0 Å². The number of anilines is 1. The van der Waals surface area contributed by atoms with E-state index in [4.69, 9.17) is 10.5 Å². The van der Waals surface area contributed by atoms with Gasteiger partial charge in [0.05, 0.1) is 18.1 Å². The number of hydrogen-bond acceptors (Lipinski definition) is 4. The average molecular weight is 220 g/mol. The van der Waals surface area contributed by atoms with Gasteiger partial charge < -0.3 is 10.5 Å². The molecule has 5 nitrogen and oxygen atoms in total. The molecule has 0 unspecified atom stereocenters. The number of nitrogens with zero attached hydrogens (tertiary/aromatic N) is 1. The molecule has 0 aliphatic carbocycles. The van der Waals surface area contributed by atoms with E-state index in [1.54, 1.807) is 12.1 Å². The molecule has 1 heterocycles. The Labute approximate surface area is 92.7 Å². The summed E-state index contributed by atoms with van der Waals surface area (Å²) in [7, 11) is 0. The van der Waals surface area contributed by atoms with Crippen LogP contribution in [0.5, 0.6) is 0 Å². The van der Waals surface area contributed by atoms with Crippen LogP contribution < -0.4 is 5.73 Å². The second-order valence-corrected chi connectivity index (χ2v) is 3.58. The van der Waals surface area contributed by atoms with Gasteiger partial charge >= 0.3 is 0 Å². The molecule has 2 N–H and O–H groups in total. The van der Waals surface area contributed by atoms with Crippen molar-refractivity contribution in [1.29, 1.82) is 0 Å². The van der Waals surface area contributed by atoms with E-state index in [1.165, 1.54) is 6.07 Å². The zero-order valence-corrected chi connectivity index (χ0v) is 8.68. The van der Waals surface area contributed by atoms with Gasteiger partial charge in [-0.1, -0.05) is 12.1 Å². The molecule has 0 radical (unpaired) electrons. The van der Waals surface area contributed by atoms with Gasteiger partial charge in [-0.25, -0.2) is 0 Å². The summed E-state index contributed by atoms with van der Waals surface area (Å²) in [5.74, 6) is 0. The number of nitro groups is 1. The molecule has 1 aromatic rings. The molecule has 0 fully saturated rings. The van der Waals surface area contributed by atoms with Crippen molar-refractivity contribution in [3.05, 3.63) is 40.0 Å². The summed E-state index contributed by atoms with van der Waals surface area (Å²) in [4.78, 5) is 10.3. The summed E-state index contributed by atoms with van der Waals surface area (Å²) >= 11 is 0. The topological polar surface area (TPSA) is 78.4 Å². The fourth-order valence-corrected chi connectivity index (χ4v) is 1.69. The van der Waals surface area contributed by atoms with E-state index in [-0.39, 0.29) is 11.4 Å². The lowest BCUT2D eigenvalue weighted by Gasteiger charge is -2.13. The second kappa shape index (κ2) is 4.32. The maximum Gasteiger partial charge on any atom is 0.292 e. The van der Waals surface area contributed by atoms with Crippen LogP contribution in [0, 0.1) is 10.1 Å². The Morgan fingerprint density at radius 3 is 2.88 bits per heavy atom. The third-order valence-electron chi connectivity index (χ3n) is 2.56. The highest BCUT2D eigenvalue weighted by Gasteiger charge is 2.14. The fraction of sp³-hybridized carbons (Fsp3) is 0.273. The van der Waals surface area contributed by atoms with Crippen LogP contribution in [0.15, 0.2) is 24.3 Å². The van der Waals surface area contributed by atoms with Gasteiger partial charge in [-0.2, -0.15) is 0 Å². The molecule has 1 aliphatic rings. The SMILES string of the molecule is Nc1ccc(C2=CCOCC2)cc1[N+](=O)[O-]. The molecule has 0 spiro atoms. The first-order valence-corrected chi connectivity index (χ1v) is 4.99. The lowest BCUT2D eigenvalue weighted by molar-refractivity contribution is -0.383. The van der Waals surface area contributed by atoms with E-state index in [0.29, 0.717) is 13.2 Å². The molecule has 2 rings (SSSR count). The maximum atomic E-state index is 10.7. The van der Waals surface area contributed by atoms with Gasteiger partial charge in [0.1, 0.15) is 5.69 Å². The van der Waals surface area contributed by atoms with Crippen molar-refractivity contribution in [1.82, 2.24) is 0 Å². The van der Waals surface area contributed by atoms with Gasteiger partial charge in [0.25, 0.3) is 5.69 Å². The first-order chi connectivity index (χ1) is 7.68. The molecular weight excluding hydrogens is 208 g/mol. The first kappa shape index (κ1) is 10.6. The standard InChI is InChI=1S/C11H12N2O3/c12-10-2-1-9(7-11(10)13(14)15)8-3-5-16-6-4-8/h1-3,7H,4-6,12H2. The van der Waals surface area contributed by atoms with Gasteiger partial charge in [0, 0.05) is 6.07 Å². The lowest BCUT2D eigenvalue weighted by Crippen LogP contribution is -2.04. The van der Waals surface area contributed by atoms with Crippen molar-refractivity contribution >= 4 is 16.9 Å². The molecule has 84 valence electrons. The summed E-state index contributed by atoms with van der Waals surface area (Å²) < 4.78 is 5.19. The first-order valence-electron chi connectivity index (χ1n) is 4.99. The summed E-state index contributed by atoms with van der Waals surface area (Å²) in [5, 5.41) is 10.7. The quantitative estimate of drug-likeness (QED) is 0.469. The Hall–Kier alpha value is -1.88. The van der Waals surface area contributed by atoms with Crippen LogP contribution in [-0.2, 0) is 4.74 Å². The number of benzene rings is 1. The van der Waals surface area contributed by atoms with Crippen LogP contribution >= 0.6 is 0 Å². The monoisotopic (exact) mass is 220 g/mol. The third kappa shape index (κ3) is 2.04. The Morgan fingerprint density at radius 1 is 1.44 bits per heavy atom. The van der Waals surface area contributed by atoms with Crippen molar-refractivity contribution in [2.45, 2.75) is 6.42 Å². The number of nitrogen functional groups attached to an aromatic ring is 1. The minimum absolute atomic E-state index is 0.0371. The molecule has 0 bridgehead atoms. The van der Waals surface area contributed by atoms with Gasteiger partial charge in [-0.05, 0) is 23.6 Å². The minimum Gasteiger partial charge on any atom is -0.393 e. The summed E-state index contributed by atoms with van der Waals surface area (Å²) in [6.07, 6.45) is 2.72. The predicted molar refractivity (Wildman–Crippen MR) is 60.9 cm³/mol. The maximum absolute atomic E-state index is 10.7. The highest BCUT2D eigenvalue weighted by atomic mass is 16.6. The predicted octanol–water partition coefficient (Wildman–Crippen LogP) is 1.98. The van der Waals surface area contributed by atoms with Crippen molar-refractivity contribution < 1.29 is 9.66 Å². The highest BCUT2D eigenvalue weighted by molar-refractivity contribution is 5.72. The van der Waals surface area contributed by atoms with E-state index >= 15 is 0 Å². The van der Waals surface area contributed by atoms with Crippen LogP contribution in [0.3, 0.4) is 0 Å². The van der Waals surface area contributed by atoms with E-state index in [9.17, 15) is 10.1 Å². The van der Waals surface area contributed by atoms with E-state index < -0.39 is 4.92 Å². The number of nitro benzene ring substituents is 1. The molecule has 0 saturated heterocycles. The number of rotatable bonds is 2. The van der Waals surface area contributed by atoms with Gasteiger partial charge in [0.15, 0.2) is 0 Å². The zero-order valence-electron chi connectivity index (χ0n) is 8.68. The van der Waals surface area contributed by atoms with Crippen LogP contribution in [0.4, 0.5) is 11.4 Å². The minimum atomic E-state index is -0.460. The smallest absolute Gasteiger partial charge is 0.292 e. The normalized spacial score (nSPS) is 15.6. The number of ether oxygens (including phenoxy) is 1. The van der Waals surface area contributed by atoms with Gasteiger partial charge in [0.2, 0.25) is 0 Å². The third-order valence-corrected chi connectivity index (χ3v) is 2.56. The molecule has 0 atom stereocenters. The Kier molecular flexibility index (Phi) is 2.87. The Balaban J connectivity index is 2.39. The molecular formula is C11H12N2O3. The van der Waals surface area contributed by atoms with Crippen LogP contribution in [0.2, 0.25) is 0 Å². The van der Waals surface area contributed by atoms with E-state index in [0.717, 1.165) is 17.6 Å².